The number of methoxy groups -OCH3 is 1. The lowest BCUT2D eigenvalue weighted by Gasteiger charge is -2.08. The van der Waals surface area contributed by atoms with Crippen molar-refractivity contribution in [3.8, 4) is 5.75 Å². The molecule has 0 radical (unpaired) electrons. The van der Waals surface area contributed by atoms with E-state index >= 15 is 0 Å². The number of nitrogens with zero attached hydrogens (tertiary/aromatic N) is 1. The molecule has 0 atom stereocenters. The minimum Gasteiger partial charge on any atom is -0.494 e. The summed E-state index contributed by atoms with van der Waals surface area (Å²) in [5, 5.41) is 0. The molecule has 3 nitrogen and oxygen atoms in total. The van der Waals surface area contributed by atoms with Gasteiger partial charge in [0.05, 0.1) is 12.8 Å². The number of halogens is 3. The van der Waals surface area contributed by atoms with Crippen molar-refractivity contribution in [2.75, 3.05) is 7.11 Å². The van der Waals surface area contributed by atoms with Gasteiger partial charge in [-0.2, -0.15) is 0 Å². The van der Waals surface area contributed by atoms with E-state index in [1.165, 1.54) is 13.2 Å². The van der Waals surface area contributed by atoms with Gasteiger partial charge in [0.1, 0.15) is 5.69 Å². The molecule has 1 aromatic heterocycles. The molecule has 1 aromatic rings. The van der Waals surface area contributed by atoms with Crippen LogP contribution in [0.3, 0.4) is 0 Å². The molecule has 0 amide bonds. The topological polar surface area (TPSA) is 48.1 Å². The second-order valence-corrected chi connectivity index (χ2v) is 2.52. The van der Waals surface area contributed by atoms with Gasteiger partial charge in [0.15, 0.2) is 11.6 Å². The van der Waals surface area contributed by atoms with Gasteiger partial charge in [0, 0.05) is 12.6 Å². The van der Waals surface area contributed by atoms with Gasteiger partial charge in [0.25, 0.3) is 6.43 Å². The van der Waals surface area contributed by atoms with Gasteiger partial charge in [-0.05, 0) is 0 Å². The third kappa shape index (κ3) is 1.95. The molecule has 78 valence electrons. The maximum atomic E-state index is 13.1. The number of aromatic nitrogens is 1. The maximum Gasteiger partial charge on any atom is 0.283 e. The van der Waals surface area contributed by atoms with Crippen LogP contribution >= 0.6 is 0 Å². The summed E-state index contributed by atoms with van der Waals surface area (Å²) in [7, 11) is 1.19. The molecule has 0 fully saturated rings. The summed E-state index contributed by atoms with van der Waals surface area (Å²) >= 11 is 0. The van der Waals surface area contributed by atoms with Crippen LogP contribution < -0.4 is 10.5 Å². The van der Waals surface area contributed by atoms with Crippen LogP contribution in [0.5, 0.6) is 5.75 Å². The first-order valence-electron chi connectivity index (χ1n) is 3.81. The van der Waals surface area contributed by atoms with Gasteiger partial charge < -0.3 is 10.5 Å². The lowest BCUT2D eigenvalue weighted by molar-refractivity contribution is 0.139. The van der Waals surface area contributed by atoms with Crippen LogP contribution in [0.25, 0.3) is 0 Å². The van der Waals surface area contributed by atoms with Crippen molar-refractivity contribution >= 4 is 0 Å². The Kier molecular flexibility index (Phi) is 3.29. The summed E-state index contributed by atoms with van der Waals surface area (Å²) in [4.78, 5) is 3.37. The van der Waals surface area contributed by atoms with E-state index in [2.05, 4.69) is 9.72 Å². The molecule has 2 N–H and O–H groups in total. The molecule has 0 aliphatic carbocycles. The highest BCUT2D eigenvalue weighted by Gasteiger charge is 2.20. The Morgan fingerprint density at radius 1 is 1.57 bits per heavy atom. The normalized spacial score (nSPS) is 10.7. The van der Waals surface area contributed by atoms with Crippen molar-refractivity contribution in [2.45, 2.75) is 13.0 Å². The largest absolute Gasteiger partial charge is 0.494 e. The summed E-state index contributed by atoms with van der Waals surface area (Å²) < 4.78 is 42.2. The molecular weight excluding hydrogens is 197 g/mol. The smallest absolute Gasteiger partial charge is 0.283 e. The van der Waals surface area contributed by atoms with E-state index in [1.807, 2.05) is 0 Å². The first-order valence-corrected chi connectivity index (χ1v) is 3.81. The van der Waals surface area contributed by atoms with E-state index in [1.54, 1.807) is 0 Å². The molecule has 1 rings (SSSR count). The molecule has 0 aliphatic heterocycles. The predicted molar refractivity (Wildman–Crippen MR) is 43.6 cm³/mol. The van der Waals surface area contributed by atoms with Gasteiger partial charge in [-0.15, -0.1) is 0 Å². The van der Waals surface area contributed by atoms with Crippen molar-refractivity contribution in [3.05, 3.63) is 23.3 Å². The number of nitrogens with two attached hydrogens (primary N) is 1. The lowest BCUT2D eigenvalue weighted by Crippen LogP contribution is -2.06. The third-order valence-corrected chi connectivity index (χ3v) is 1.64. The fraction of sp³-hybridized carbons (Fsp3) is 0.375. The van der Waals surface area contributed by atoms with Gasteiger partial charge in [0.2, 0.25) is 0 Å². The van der Waals surface area contributed by atoms with E-state index in [-0.39, 0.29) is 18.0 Å². The summed E-state index contributed by atoms with van der Waals surface area (Å²) in [6, 6.07) is 1.20. The van der Waals surface area contributed by atoms with E-state index in [0.29, 0.717) is 0 Å². The molecule has 0 aliphatic rings. The molecule has 0 aromatic carbocycles. The zero-order chi connectivity index (χ0) is 10.7. The van der Waals surface area contributed by atoms with Crippen LogP contribution in [0.15, 0.2) is 6.07 Å². The first-order chi connectivity index (χ1) is 6.60. The molecule has 6 heteroatoms. The van der Waals surface area contributed by atoms with E-state index < -0.39 is 17.9 Å². The number of ether oxygens (including phenoxy) is 1. The Labute approximate surface area is 78.7 Å². The molecule has 0 saturated carbocycles. The van der Waals surface area contributed by atoms with Crippen LogP contribution in [-0.2, 0) is 6.54 Å². The van der Waals surface area contributed by atoms with E-state index in [4.69, 9.17) is 5.73 Å². The highest BCUT2D eigenvalue weighted by molar-refractivity contribution is 5.30. The second-order valence-electron chi connectivity index (χ2n) is 2.52. The van der Waals surface area contributed by atoms with Crippen LogP contribution in [0, 0.1) is 5.82 Å². The zero-order valence-electron chi connectivity index (χ0n) is 7.43. The first kappa shape index (κ1) is 10.8. The molecule has 0 saturated heterocycles. The zero-order valence-corrected chi connectivity index (χ0v) is 7.43. The summed E-state index contributed by atoms with van der Waals surface area (Å²) in [5.41, 5.74) is 4.45. The summed E-state index contributed by atoms with van der Waals surface area (Å²) in [6.07, 6.45) is -2.98. The van der Waals surface area contributed by atoms with Crippen molar-refractivity contribution < 1.29 is 17.9 Å². The van der Waals surface area contributed by atoms with Crippen LogP contribution in [0.1, 0.15) is 17.8 Å². The van der Waals surface area contributed by atoms with Gasteiger partial charge >= 0.3 is 0 Å². The van der Waals surface area contributed by atoms with E-state index in [9.17, 15) is 13.2 Å². The Hall–Kier alpha value is -1.30. The molecule has 0 bridgehead atoms. The molecular formula is C8H9F3N2O. The van der Waals surface area contributed by atoms with Crippen LogP contribution in [0.4, 0.5) is 13.2 Å². The summed E-state index contributed by atoms with van der Waals surface area (Å²) in [5.74, 6) is -1.41. The fourth-order valence-electron chi connectivity index (χ4n) is 0.975. The number of hydrogen-bond donors (Lipinski definition) is 1. The standard InChI is InChI=1S/C8H9F3N2O/c1-14-5-2-4(3-12)13-7(6(5)9)8(10)11/h2,8H,3,12H2,1H3. The minimum atomic E-state index is -2.98. The molecule has 0 spiro atoms. The third-order valence-electron chi connectivity index (χ3n) is 1.64. The van der Waals surface area contributed by atoms with Crippen molar-refractivity contribution in [1.29, 1.82) is 0 Å². The monoisotopic (exact) mass is 206 g/mol. The number of hydrogen-bond acceptors (Lipinski definition) is 3. The van der Waals surface area contributed by atoms with Crippen molar-refractivity contribution in [1.82, 2.24) is 4.98 Å². The molecule has 0 unspecified atom stereocenters. The van der Waals surface area contributed by atoms with E-state index in [0.717, 1.165) is 0 Å². The van der Waals surface area contributed by atoms with Gasteiger partial charge in [-0.1, -0.05) is 0 Å². The second kappa shape index (κ2) is 4.28. The highest BCUT2D eigenvalue weighted by Crippen LogP contribution is 2.27. The highest BCUT2D eigenvalue weighted by atomic mass is 19.3. The Morgan fingerprint density at radius 2 is 2.21 bits per heavy atom. The minimum absolute atomic E-state index is 0.0453. The summed E-state index contributed by atoms with van der Waals surface area (Å²) in [6.45, 7) is -0.0453. The average Bonchev–Trinajstić information content (AvgIpc) is 2.17. The average molecular weight is 206 g/mol. The Bertz CT molecular complexity index is 331. The Balaban J connectivity index is 3.27. The lowest BCUT2D eigenvalue weighted by atomic mass is 10.2. The predicted octanol–water partition coefficient (Wildman–Crippen LogP) is 1.63. The van der Waals surface area contributed by atoms with Gasteiger partial charge in [-0.25, -0.2) is 18.2 Å². The van der Waals surface area contributed by atoms with Crippen LogP contribution in [0.2, 0.25) is 0 Å². The SMILES string of the molecule is COc1cc(CN)nc(C(F)F)c1F. The number of alkyl halides is 2. The maximum absolute atomic E-state index is 13.1. The van der Waals surface area contributed by atoms with Gasteiger partial charge in [-0.3, -0.25) is 0 Å². The number of pyridine rings is 1. The Morgan fingerprint density at radius 3 is 2.64 bits per heavy atom. The quantitative estimate of drug-likeness (QED) is 0.817. The number of rotatable bonds is 3. The van der Waals surface area contributed by atoms with Crippen molar-refractivity contribution in [2.24, 2.45) is 5.73 Å². The fourth-order valence-corrected chi connectivity index (χ4v) is 0.975. The molecule has 1 heterocycles. The molecule has 14 heavy (non-hydrogen) atoms. The van der Waals surface area contributed by atoms with Crippen molar-refractivity contribution in [3.63, 3.8) is 0 Å². The van der Waals surface area contributed by atoms with Crippen LogP contribution in [-0.4, -0.2) is 12.1 Å².